The van der Waals surface area contributed by atoms with Crippen molar-refractivity contribution in [3.05, 3.63) is 53.1 Å². The van der Waals surface area contributed by atoms with Gasteiger partial charge < -0.3 is 18.9 Å². The fourth-order valence-corrected chi connectivity index (χ4v) is 3.92. The number of benzene rings is 2. The van der Waals surface area contributed by atoms with Crippen molar-refractivity contribution in [3.63, 3.8) is 0 Å². The smallest absolute Gasteiger partial charge is 0.261 e. The Morgan fingerprint density at radius 2 is 1.75 bits per heavy atom. The minimum Gasteiger partial charge on any atom is -0.497 e. The molecule has 0 bridgehead atoms. The largest absolute Gasteiger partial charge is 0.497 e. The molecule has 8 nitrogen and oxygen atoms in total. The Morgan fingerprint density at radius 3 is 2.39 bits per heavy atom. The quantitative estimate of drug-likeness (QED) is 0.450. The highest BCUT2D eigenvalue weighted by molar-refractivity contribution is 6.05. The second-order valence-corrected chi connectivity index (χ2v) is 8.17. The molecule has 36 heavy (non-hydrogen) atoms. The molecule has 1 heterocycles. The highest BCUT2D eigenvalue weighted by Crippen LogP contribution is 2.28. The van der Waals surface area contributed by atoms with Gasteiger partial charge in [-0.15, -0.1) is 0 Å². The fraction of sp³-hybridized carbons (Fsp3) is 0.500. The molecule has 1 aliphatic rings. The molecule has 2 aromatic carbocycles. The van der Waals surface area contributed by atoms with E-state index in [2.05, 4.69) is 4.90 Å². The van der Waals surface area contributed by atoms with Crippen LogP contribution in [-0.2, 0) is 16.1 Å². The van der Waals surface area contributed by atoms with Crippen molar-refractivity contribution in [2.24, 2.45) is 0 Å². The van der Waals surface area contributed by atoms with Crippen molar-refractivity contribution < 1.29 is 28.5 Å². The molecule has 0 radical (unpaired) electrons. The van der Waals surface area contributed by atoms with E-state index in [1.165, 1.54) is 11.8 Å². The zero-order chi connectivity index (χ0) is 26.5. The van der Waals surface area contributed by atoms with Crippen LogP contribution in [0, 0.1) is 6.92 Å². The van der Waals surface area contributed by atoms with E-state index >= 15 is 0 Å². The summed E-state index contributed by atoms with van der Waals surface area (Å²) >= 11 is 0. The van der Waals surface area contributed by atoms with Crippen molar-refractivity contribution in [2.75, 3.05) is 53.7 Å². The van der Waals surface area contributed by atoms with Gasteiger partial charge >= 0.3 is 0 Å². The van der Waals surface area contributed by atoms with Crippen LogP contribution in [0.4, 0.5) is 0 Å². The summed E-state index contributed by atoms with van der Waals surface area (Å²) in [5, 5.41) is 0. The molecule has 8 heteroatoms. The lowest BCUT2D eigenvalue weighted by Crippen LogP contribution is -2.37. The summed E-state index contributed by atoms with van der Waals surface area (Å²) in [4.78, 5) is 29.4. The van der Waals surface area contributed by atoms with E-state index in [-0.39, 0.29) is 18.4 Å². The summed E-state index contributed by atoms with van der Waals surface area (Å²) in [6.07, 6.45) is 0.883. The third-order valence-electron chi connectivity index (χ3n) is 5.94. The summed E-state index contributed by atoms with van der Waals surface area (Å²) in [7, 11) is 3.11. The lowest BCUT2D eigenvalue weighted by atomic mass is 10.1. The molecule has 0 unspecified atom stereocenters. The van der Waals surface area contributed by atoms with Crippen LogP contribution in [0.2, 0.25) is 0 Å². The first-order valence-corrected chi connectivity index (χ1v) is 12.5. The molecule has 2 aromatic rings. The maximum atomic E-state index is 13.4. The normalized spacial score (nSPS) is 13.3. The van der Waals surface area contributed by atoms with E-state index in [0.717, 1.165) is 39.3 Å². The number of amides is 2. The van der Waals surface area contributed by atoms with Gasteiger partial charge in [-0.05, 0) is 37.6 Å². The number of hydrogen-bond donors (Lipinski definition) is 0. The molecule has 3 rings (SSSR count). The lowest BCUT2D eigenvalue weighted by molar-refractivity contribution is -0.126. The highest BCUT2D eigenvalue weighted by Gasteiger charge is 2.24. The Kier molecular flexibility index (Phi) is 12.2. The van der Waals surface area contributed by atoms with Gasteiger partial charge in [-0.2, -0.15) is 0 Å². The number of hydrogen-bond acceptors (Lipinski definition) is 7. The van der Waals surface area contributed by atoms with Gasteiger partial charge in [0.1, 0.15) is 17.2 Å². The van der Waals surface area contributed by atoms with Crippen molar-refractivity contribution in [3.8, 4) is 17.2 Å². The van der Waals surface area contributed by atoms with Crippen molar-refractivity contribution in [1.29, 1.82) is 0 Å². The average molecular weight is 501 g/mol. The first-order chi connectivity index (χ1) is 17.4. The molecule has 0 saturated carbocycles. The third-order valence-corrected chi connectivity index (χ3v) is 5.94. The van der Waals surface area contributed by atoms with E-state index < -0.39 is 0 Å². The van der Waals surface area contributed by atoms with Crippen molar-refractivity contribution in [1.82, 2.24) is 9.80 Å². The van der Waals surface area contributed by atoms with Crippen molar-refractivity contribution in [2.45, 2.75) is 40.7 Å². The molecule has 1 aliphatic heterocycles. The maximum absolute atomic E-state index is 13.4. The van der Waals surface area contributed by atoms with Gasteiger partial charge in [0.25, 0.3) is 5.91 Å². The molecule has 198 valence electrons. The molecular weight excluding hydrogens is 460 g/mol. The number of morpholine rings is 1. The molecule has 1 fully saturated rings. The molecule has 0 aromatic heterocycles. The first-order valence-electron chi connectivity index (χ1n) is 12.5. The fourth-order valence-electron chi connectivity index (χ4n) is 3.92. The second kappa shape index (κ2) is 15.1. The van der Waals surface area contributed by atoms with Gasteiger partial charge in [0.2, 0.25) is 5.91 Å². The molecule has 2 amide bonds. The molecule has 0 N–H and O–H groups in total. The summed E-state index contributed by atoms with van der Waals surface area (Å²) < 4.78 is 22.0. The number of rotatable bonds is 10. The van der Waals surface area contributed by atoms with Crippen LogP contribution in [0.1, 0.15) is 48.7 Å². The van der Waals surface area contributed by atoms with E-state index in [0.29, 0.717) is 40.5 Å². The molecule has 1 saturated heterocycles. The number of nitrogens with zero attached hydrogens (tertiary/aromatic N) is 2. The maximum Gasteiger partial charge on any atom is 0.261 e. The zero-order valence-electron chi connectivity index (χ0n) is 22.5. The van der Waals surface area contributed by atoms with Crippen LogP contribution in [0.3, 0.4) is 0 Å². The number of ether oxygens (including phenoxy) is 4. The average Bonchev–Trinajstić information content (AvgIpc) is 2.91. The van der Waals surface area contributed by atoms with Gasteiger partial charge in [-0.1, -0.05) is 19.9 Å². The Bertz CT molecular complexity index is 988. The van der Waals surface area contributed by atoms with Gasteiger partial charge in [0.05, 0.1) is 40.6 Å². The van der Waals surface area contributed by atoms with E-state index in [1.807, 2.05) is 26.8 Å². The van der Waals surface area contributed by atoms with Gasteiger partial charge in [-0.25, -0.2) is 0 Å². The lowest BCUT2D eigenvalue weighted by Gasteiger charge is -2.26. The monoisotopic (exact) mass is 500 g/mol. The molecule has 0 spiro atoms. The van der Waals surface area contributed by atoms with Gasteiger partial charge in [0.15, 0.2) is 0 Å². The predicted octanol–water partition coefficient (Wildman–Crippen LogP) is 4.33. The standard InChI is InChI=1S/C26H34N2O6.C2H6/c1-19-23(7-5-8-24(19)34-14-6-11-27-12-15-33-16-13-27)26(30)28(20(2)29)18-21-9-10-22(31-3)17-25(21)32-4;1-2/h5,7-10,17H,6,11-16,18H2,1-4H3;1-2H3. The second-order valence-electron chi connectivity index (χ2n) is 8.17. The summed E-state index contributed by atoms with van der Waals surface area (Å²) in [6.45, 7) is 12.3. The van der Waals surface area contributed by atoms with E-state index in [1.54, 1.807) is 44.6 Å². The summed E-state index contributed by atoms with van der Waals surface area (Å²) in [5.41, 5.74) is 1.86. The number of imide groups is 1. The Balaban J connectivity index is 0.00000222. The van der Waals surface area contributed by atoms with Crippen molar-refractivity contribution >= 4 is 11.8 Å². The van der Waals surface area contributed by atoms with Gasteiger partial charge in [0, 0.05) is 49.3 Å². The topological polar surface area (TPSA) is 77.5 Å². The van der Waals surface area contributed by atoms with E-state index in [9.17, 15) is 9.59 Å². The number of methoxy groups -OCH3 is 2. The third kappa shape index (κ3) is 7.96. The minimum atomic E-state index is -0.373. The Hall–Kier alpha value is -3.10. The molecule has 0 atom stereocenters. The molecule has 0 aliphatic carbocycles. The SMILES string of the molecule is CC.COc1ccc(CN(C(C)=O)C(=O)c2cccc(OCCCN3CCOCC3)c2C)c(OC)c1. The Morgan fingerprint density at radius 1 is 1.03 bits per heavy atom. The predicted molar refractivity (Wildman–Crippen MR) is 140 cm³/mol. The van der Waals surface area contributed by atoms with Crippen LogP contribution >= 0.6 is 0 Å². The van der Waals surface area contributed by atoms with Crippen LogP contribution in [0.25, 0.3) is 0 Å². The van der Waals surface area contributed by atoms with Gasteiger partial charge in [-0.3, -0.25) is 19.4 Å². The zero-order valence-corrected chi connectivity index (χ0v) is 22.5. The van der Waals surface area contributed by atoms with Crippen LogP contribution in [0.5, 0.6) is 17.2 Å². The van der Waals surface area contributed by atoms with E-state index in [4.69, 9.17) is 18.9 Å². The first kappa shape index (κ1) is 29.1. The number of carbonyl (C=O) groups is 2. The summed E-state index contributed by atoms with van der Waals surface area (Å²) in [6, 6.07) is 10.7. The van der Waals surface area contributed by atoms with Crippen LogP contribution in [0.15, 0.2) is 36.4 Å². The minimum absolute atomic E-state index is 0.0887. The molecular formula is C28H40N2O6. The van der Waals surface area contributed by atoms with Crippen LogP contribution < -0.4 is 14.2 Å². The summed E-state index contributed by atoms with van der Waals surface area (Å²) in [5.74, 6) is 1.11. The number of carbonyl (C=O) groups excluding carboxylic acids is 2. The highest BCUT2D eigenvalue weighted by atomic mass is 16.5. The Labute approximate surface area is 215 Å². The van der Waals surface area contributed by atoms with Crippen LogP contribution in [-0.4, -0.2) is 75.3 Å².